The van der Waals surface area contributed by atoms with Crippen LogP contribution in [0.1, 0.15) is 27.7 Å². The van der Waals surface area contributed by atoms with E-state index in [-0.39, 0.29) is 24.0 Å². The van der Waals surface area contributed by atoms with E-state index in [4.69, 9.17) is 9.73 Å². The number of nitrogens with one attached hydrogen (secondary N) is 2. The van der Waals surface area contributed by atoms with Gasteiger partial charge >= 0.3 is 0 Å². The number of morpholine rings is 1. The molecule has 2 aliphatic heterocycles. The van der Waals surface area contributed by atoms with Crippen molar-refractivity contribution in [2.24, 2.45) is 10.9 Å². The molecule has 8 heteroatoms. The Morgan fingerprint density at radius 3 is 2.21 bits per heavy atom. The first kappa shape index (κ1) is 25.9. The van der Waals surface area contributed by atoms with Crippen LogP contribution >= 0.6 is 24.0 Å². The fourth-order valence-electron chi connectivity index (χ4n) is 3.77. The Morgan fingerprint density at radius 1 is 0.964 bits per heavy atom. The summed E-state index contributed by atoms with van der Waals surface area (Å²) in [7, 11) is 0. The maximum atomic E-state index is 5.45. The van der Waals surface area contributed by atoms with Crippen LogP contribution in [0.2, 0.25) is 0 Å². The molecule has 0 radical (unpaired) electrons. The van der Waals surface area contributed by atoms with Gasteiger partial charge in [0.15, 0.2) is 5.96 Å². The number of guanidine groups is 1. The lowest BCUT2D eigenvalue weighted by atomic mass is 10.1. The largest absolute Gasteiger partial charge is 0.379 e. The molecule has 7 nitrogen and oxygen atoms in total. The van der Waals surface area contributed by atoms with Gasteiger partial charge in [0.05, 0.1) is 13.2 Å². The van der Waals surface area contributed by atoms with Gasteiger partial charge in [0.25, 0.3) is 0 Å². The average Bonchev–Trinajstić information content (AvgIpc) is 2.71. The van der Waals surface area contributed by atoms with Crippen molar-refractivity contribution in [3.63, 3.8) is 0 Å². The summed E-state index contributed by atoms with van der Waals surface area (Å²) in [5.41, 5.74) is 0. The van der Waals surface area contributed by atoms with Crippen LogP contribution < -0.4 is 10.6 Å². The molecule has 2 rings (SSSR count). The third-order valence-corrected chi connectivity index (χ3v) is 5.62. The monoisotopic (exact) mass is 510 g/mol. The molecular formula is C20H43IN6O. The van der Waals surface area contributed by atoms with Crippen LogP contribution in [-0.2, 0) is 4.74 Å². The topological polar surface area (TPSA) is 55.4 Å². The van der Waals surface area contributed by atoms with Gasteiger partial charge in [-0.25, -0.2) is 0 Å². The smallest absolute Gasteiger partial charge is 0.191 e. The molecule has 2 saturated heterocycles. The number of nitrogens with zero attached hydrogens (tertiary/aromatic N) is 4. The summed E-state index contributed by atoms with van der Waals surface area (Å²) in [6, 6.07) is 0.491. The average molecular weight is 511 g/mol. The second kappa shape index (κ2) is 14.8. The Kier molecular flexibility index (Phi) is 13.6. The molecule has 0 bridgehead atoms. The van der Waals surface area contributed by atoms with Gasteiger partial charge in [-0.1, -0.05) is 13.8 Å². The molecule has 166 valence electrons. The quantitative estimate of drug-likeness (QED) is 0.276. The maximum Gasteiger partial charge on any atom is 0.191 e. The molecule has 2 N–H and O–H groups in total. The van der Waals surface area contributed by atoms with Crippen molar-refractivity contribution >= 4 is 29.9 Å². The van der Waals surface area contributed by atoms with Gasteiger partial charge in [-0.15, -0.1) is 24.0 Å². The molecule has 0 saturated carbocycles. The van der Waals surface area contributed by atoms with Crippen LogP contribution in [0.25, 0.3) is 0 Å². The number of halogens is 1. The first-order chi connectivity index (χ1) is 13.1. The molecular weight excluding hydrogens is 467 g/mol. The predicted octanol–water partition coefficient (Wildman–Crippen LogP) is 1.15. The van der Waals surface area contributed by atoms with Crippen molar-refractivity contribution in [2.75, 3.05) is 85.2 Å². The van der Waals surface area contributed by atoms with Crippen LogP contribution in [0.4, 0.5) is 0 Å². The second-order valence-electron chi connectivity index (χ2n) is 7.94. The fraction of sp³-hybridized carbons (Fsp3) is 0.950. The predicted molar refractivity (Wildman–Crippen MR) is 129 cm³/mol. The van der Waals surface area contributed by atoms with Crippen molar-refractivity contribution in [3.05, 3.63) is 0 Å². The zero-order valence-electron chi connectivity index (χ0n) is 18.5. The van der Waals surface area contributed by atoms with Crippen LogP contribution in [0.5, 0.6) is 0 Å². The standard InChI is InChI=1S/C20H42N6O.HI/c1-5-21-20(23-16-19(4)26-11-13-27-14-12-26)22-15-18(3)17-25-9-7-24(6-2)8-10-25;/h18-19H,5-17H2,1-4H3,(H2,21,22,23);1H. The molecule has 28 heavy (non-hydrogen) atoms. The number of hydrogen-bond acceptors (Lipinski definition) is 5. The minimum atomic E-state index is 0. The molecule has 2 unspecified atom stereocenters. The number of hydrogen-bond donors (Lipinski definition) is 2. The summed E-state index contributed by atoms with van der Waals surface area (Å²) in [4.78, 5) is 12.4. The Hall–Kier alpha value is -0.160. The molecule has 0 spiro atoms. The van der Waals surface area contributed by atoms with Gasteiger partial charge in [-0.05, 0) is 26.3 Å². The number of likely N-dealkylation sites (N-methyl/N-ethyl adjacent to an activating group) is 1. The minimum Gasteiger partial charge on any atom is -0.379 e. The molecule has 2 fully saturated rings. The lowest BCUT2D eigenvalue weighted by molar-refractivity contribution is 0.0211. The highest BCUT2D eigenvalue weighted by Gasteiger charge is 2.18. The Labute approximate surface area is 189 Å². The minimum absolute atomic E-state index is 0. The van der Waals surface area contributed by atoms with E-state index in [9.17, 15) is 0 Å². The van der Waals surface area contributed by atoms with Crippen molar-refractivity contribution in [1.82, 2.24) is 25.3 Å². The van der Waals surface area contributed by atoms with E-state index in [0.717, 1.165) is 58.4 Å². The van der Waals surface area contributed by atoms with E-state index in [2.05, 4.69) is 53.0 Å². The van der Waals surface area contributed by atoms with Crippen molar-refractivity contribution in [1.29, 1.82) is 0 Å². The molecule has 2 atom stereocenters. The van der Waals surface area contributed by atoms with E-state index in [1.54, 1.807) is 0 Å². The van der Waals surface area contributed by atoms with E-state index >= 15 is 0 Å². The van der Waals surface area contributed by atoms with Crippen LogP contribution in [0, 0.1) is 5.92 Å². The highest BCUT2D eigenvalue weighted by atomic mass is 127. The van der Waals surface area contributed by atoms with Gasteiger partial charge in [0.1, 0.15) is 0 Å². The summed E-state index contributed by atoms with van der Waals surface area (Å²) in [5.74, 6) is 1.52. The first-order valence-corrected chi connectivity index (χ1v) is 10.9. The van der Waals surface area contributed by atoms with Crippen LogP contribution in [0.15, 0.2) is 4.99 Å². The molecule has 2 aliphatic rings. The van der Waals surface area contributed by atoms with Gasteiger partial charge in [-0.3, -0.25) is 9.89 Å². The third-order valence-electron chi connectivity index (χ3n) is 5.62. The van der Waals surface area contributed by atoms with Crippen molar-refractivity contribution in [3.8, 4) is 0 Å². The van der Waals surface area contributed by atoms with Crippen LogP contribution in [-0.4, -0.2) is 112 Å². The van der Waals surface area contributed by atoms with E-state index in [0.29, 0.717) is 12.0 Å². The second-order valence-corrected chi connectivity index (χ2v) is 7.94. The molecule has 2 heterocycles. The van der Waals surface area contributed by atoms with Crippen molar-refractivity contribution in [2.45, 2.75) is 33.7 Å². The van der Waals surface area contributed by atoms with E-state index < -0.39 is 0 Å². The molecule has 0 amide bonds. The summed E-state index contributed by atoms with van der Waals surface area (Å²) in [6.45, 7) is 22.5. The fourth-order valence-corrected chi connectivity index (χ4v) is 3.77. The third kappa shape index (κ3) is 9.56. The zero-order chi connectivity index (χ0) is 19.5. The number of aliphatic imine (C=N–C) groups is 1. The Balaban J connectivity index is 0.00000392. The molecule has 0 aromatic rings. The lowest BCUT2D eigenvalue weighted by Crippen LogP contribution is -2.49. The summed E-state index contributed by atoms with van der Waals surface area (Å²) < 4.78 is 5.45. The Morgan fingerprint density at radius 2 is 1.61 bits per heavy atom. The SMILES string of the molecule is CCNC(=NCC(C)CN1CCN(CC)CC1)NCC(C)N1CCOCC1.I. The molecule has 0 aromatic carbocycles. The molecule has 0 aliphatic carbocycles. The van der Waals surface area contributed by atoms with Gasteiger partial charge in [-0.2, -0.15) is 0 Å². The van der Waals surface area contributed by atoms with Crippen LogP contribution in [0.3, 0.4) is 0 Å². The summed E-state index contributed by atoms with van der Waals surface area (Å²) >= 11 is 0. The highest BCUT2D eigenvalue weighted by Crippen LogP contribution is 2.06. The van der Waals surface area contributed by atoms with E-state index in [1.807, 2.05) is 0 Å². The number of rotatable bonds is 9. The number of piperazine rings is 1. The van der Waals surface area contributed by atoms with Gasteiger partial charge in [0.2, 0.25) is 0 Å². The highest BCUT2D eigenvalue weighted by molar-refractivity contribution is 14.0. The zero-order valence-corrected chi connectivity index (χ0v) is 20.8. The maximum absolute atomic E-state index is 5.45. The van der Waals surface area contributed by atoms with Gasteiger partial charge < -0.3 is 25.2 Å². The normalized spacial score (nSPS) is 22.4. The van der Waals surface area contributed by atoms with Crippen molar-refractivity contribution < 1.29 is 4.74 Å². The Bertz CT molecular complexity index is 425. The lowest BCUT2D eigenvalue weighted by Gasteiger charge is -2.35. The number of ether oxygens (including phenoxy) is 1. The van der Waals surface area contributed by atoms with Gasteiger partial charge in [0, 0.05) is 71.5 Å². The van der Waals surface area contributed by atoms with E-state index in [1.165, 1.54) is 32.7 Å². The summed E-state index contributed by atoms with van der Waals surface area (Å²) in [6.07, 6.45) is 0. The summed E-state index contributed by atoms with van der Waals surface area (Å²) in [5, 5.41) is 6.91. The first-order valence-electron chi connectivity index (χ1n) is 10.9. The molecule has 0 aromatic heterocycles.